The van der Waals surface area contributed by atoms with E-state index in [0.29, 0.717) is 6.07 Å². The zero-order valence-electron chi connectivity index (χ0n) is 10.0. The van der Waals surface area contributed by atoms with Gasteiger partial charge in [-0.15, -0.1) is 0 Å². The van der Waals surface area contributed by atoms with Gasteiger partial charge in [0, 0.05) is 6.07 Å². The number of carbonyl (C=O) groups excluding carboxylic acids is 1. The molecule has 0 heterocycles. The Balaban J connectivity index is 2.57. The first-order valence-corrected chi connectivity index (χ1v) is 5.17. The van der Waals surface area contributed by atoms with Gasteiger partial charge in [0.15, 0.2) is 0 Å². The van der Waals surface area contributed by atoms with Crippen molar-refractivity contribution in [2.45, 2.75) is 26.4 Å². The molecule has 0 aliphatic heterocycles. The Bertz CT molecular complexity index is 413. The Morgan fingerprint density at radius 3 is 2.53 bits per heavy atom. The molecule has 0 atom stereocenters. The fourth-order valence-electron chi connectivity index (χ4n) is 1.06. The molecule has 0 fully saturated rings. The lowest BCUT2D eigenvalue weighted by Crippen LogP contribution is -2.27. The summed E-state index contributed by atoms with van der Waals surface area (Å²) in [6.45, 7) is 5.23. The van der Waals surface area contributed by atoms with Crippen molar-refractivity contribution in [1.29, 1.82) is 0 Å². The minimum absolute atomic E-state index is 0.0612. The molecular formula is C12H15F2NO2. The van der Waals surface area contributed by atoms with Crippen LogP contribution in [0.5, 0.6) is 0 Å². The van der Waals surface area contributed by atoms with Gasteiger partial charge in [-0.3, -0.25) is 4.79 Å². The van der Waals surface area contributed by atoms with Crippen molar-refractivity contribution in [1.82, 2.24) is 0 Å². The molecule has 3 nitrogen and oxygen atoms in total. The molecule has 1 rings (SSSR count). The van der Waals surface area contributed by atoms with Crippen molar-refractivity contribution in [2.75, 3.05) is 11.9 Å². The van der Waals surface area contributed by atoms with Crippen molar-refractivity contribution < 1.29 is 18.3 Å². The number of rotatable bonds is 3. The lowest BCUT2D eigenvalue weighted by molar-refractivity contribution is -0.125. The van der Waals surface area contributed by atoms with E-state index in [1.165, 1.54) is 6.07 Å². The summed E-state index contributed by atoms with van der Waals surface area (Å²) in [6, 6.07) is 2.95. The third kappa shape index (κ3) is 4.91. The molecule has 17 heavy (non-hydrogen) atoms. The minimum atomic E-state index is -0.811. The van der Waals surface area contributed by atoms with E-state index >= 15 is 0 Å². The lowest BCUT2D eigenvalue weighted by Gasteiger charge is -2.19. The van der Waals surface area contributed by atoms with E-state index in [1.54, 1.807) is 20.8 Å². The molecule has 5 heteroatoms. The van der Waals surface area contributed by atoms with Crippen LogP contribution in [-0.4, -0.2) is 18.1 Å². The van der Waals surface area contributed by atoms with Crippen molar-refractivity contribution in [3.63, 3.8) is 0 Å². The molecule has 0 aliphatic rings. The van der Waals surface area contributed by atoms with Gasteiger partial charge < -0.3 is 10.1 Å². The van der Waals surface area contributed by atoms with E-state index in [4.69, 9.17) is 4.74 Å². The summed E-state index contributed by atoms with van der Waals surface area (Å²) in [6.07, 6.45) is 0. The van der Waals surface area contributed by atoms with Crippen LogP contribution in [0, 0.1) is 11.6 Å². The highest BCUT2D eigenvalue weighted by Gasteiger charge is 2.14. The van der Waals surface area contributed by atoms with Crippen LogP contribution in [-0.2, 0) is 9.53 Å². The van der Waals surface area contributed by atoms with Crippen molar-refractivity contribution >= 4 is 11.6 Å². The van der Waals surface area contributed by atoms with Crippen LogP contribution in [0.15, 0.2) is 18.2 Å². The maximum absolute atomic E-state index is 13.2. The number of hydrogen-bond donors (Lipinski definition) is 1. The second kappa shape index (κ2) is 5.23. The Morgan fingerprint density at radius 1 is 1.35 bits per heavy atom. The molecule has 1 amide bonds. The average Bonchev–Trinajstić information content (AvgIpc) is 2.18. The van der Waals surface area contributed by atoms with Gasteiger partial charge in [0.05, 0.1) is 11.3 Å². The maximum atomic E-state index is 13.2. The van der Waals surface area contributed by atoms with E-state index in [0.717, 1.165) is 6.07 Å². The van der Waals surface area contributed by atoms with Gasteiger partial charge >= 0.3 is 0 Å². The topological polar surface area (TPSA) is 38.3 Å². The minimum Gasteiger partial charge on any atom is -0.366 e. The lowest BCUT2D eigenvalue weighted by atomic mass is 10.2. The maximum Gasteiger partial charge on any atom is 0.250 e. The summed E-state index contributed by atoms with van der Waals surface area (Å²) < 4.78 is 31.0. The number of carbonyl (C=O) groups is 1. The number of halogens is 2. The standard InChI is InChI=1S/C12H15F2NO2/c1-12(2,3)17-7-11(16)15-10-5-4-8(13)6-9(10)14/h4-6H,7H2,1-3H3,(H,15,16). The zero-order chi connectivity index (χ0) is 13.1. The number of amides is 1. The second-order valence-corrected chi connectivity index (χ2v) is 4.57. The van der Waals surface area contributed by atoms with Crippen molar-refractivity contribution in [3.05, 3.63) is 29.8 Å². The molecule has 0 unspecified atom stereocenters. The molecule has 0 aromatic heterocycles. The van der Waals surface area contributed by atoms with Crippen LogP contribution in [0.25, 0.3) is 0 Å². The molecule has 0 spiro atoms. The van der Waals surface area contributed by atoms with Gasteiger partial charge in [0.1, 0.15) is 18.2 Å². The van der Waals surface area contributed by atoms with Gasteiger partial charge in [0.25, 0.3) is 0 Å². The summed E-state index contributed by atoms with van der Waals surface area (Å²) in [7, 11) is 0. The molecule has 1 aromatic rings. The van der Waals surface area contributed by atoms with E-state index in [9.17, 15) is 13.6 Å². The summed E-state index contributed by atoms with van der Waals surface area (Å²) in [4.78, 5) is 11.4. The Kier molecular flexibility index (Phi) is 4.17. The second-order valence-electron chi connectivity index (χ2n) is 4.57. The van der Waals surface area contributed by atoms with E-state index in [1.807, 2.05) is 0 Å². The fourth-order valence-corrected chi connectivity index (χ4v) is 1.06. The van der Waals surface area contributed by atoms with Crippen molar-refractivity contribution in [2.24, 2.45) is 0 Å². The van der Waals surface area contributed by atoms with Crippen LogP contribution < -0.4 is 5.32 Å². The third-order valence-electron chi connectivity index (χ3n) is 1.84. The highest BCUT2D eigenvalue weighted by Crippen LogP contribution is 2.15. The van der Waals surface area contributed by atoms with Gasteiger partial charge in [-0.2, -0.15) is 0 Å². The molecule has 94 valence electrons. The number of benzene rings is 1. The SMILES string of the molecule is CC(C)(C)OCC(=O)Nc1ccc(F)cc1F. The van der Waals surface area contributed by atoms with Crippen LogP contribution in [0.2, 0.25) is 0 Å². The van der Waals surface area contributed by atoms with Crippen molar-refractivity contribution in [3.8, 4) is 0 Å². The fraction of sp³-hybridized carbons (Fsp3) is 0.417. The molecule has 0 aliphatic carbocycles. The number of anilines is 1. The van der Waals surface area contributed by atoms with E-state index < -0.39 is 23.1 Å². The van der Waals surface area contributed by atoms with Gasteiger partial charge in [0.2, 0.25) is 5.91 Å². The predicted molar refractivity (Wildman–Crippen MR) is 60.7 cm³/mol. The zero-order valence-corrected chi connectivity index (χ0v) is 10.0. The summed E-state index contributed by atoms with van der Waals surface area (Å²) >= 11 is 0. The van der Waals surface area contributed by atoms with Gasteiger partial charge in [-0.25, -0.2) is 8.78 Å². The average molecular weight is 243 g/mol. The predicted octanol–water partition coefficient (Wildman–Crippen LogP) is 2.72. The number of ether oxygens (including phenoxy) is 1. The highest BCUT2D eigenvalue weighted by molar-refractivity contribution is 5.91. The molecular weight excluding hydrogens is 228 g/mol. The van der Waals surface area contributed by atoms with Crippen LogP contribution in [0.1, 0.15) is 20.8 Å². The smallest absolute Gasteiger partial charge is 0.250 e. The first-order chi connectivity index (χ1) is 7.78. The summed E-state index contributed by atoms with van der Waals surface area (Å²) in [5.74, 6) is -1.98. The molecule has 1 N–H and O–H groups in total. The van der Waals surface area contributed by atoms with Crippen LogP contribution >= 0.6 is 0 Å². The van der Waals surface area contributed by atoms with Crippen LogP contribution in [0.4, 0.5) is 14.5 Å². The van der Waals surface area contributed by atoms with Gasteiger partial charge in [-0.05, 0) is 32.9 Å². The van der Waals surface area contributed by atoms with Crippen LogP contribution in [0.3, 0.4) is 0 Å². The Hall–Kier alpha value is -1.49. The number of nitrogens with one attached hydrogen (secondary N) is 1. The molecule has 0 saturated heterocycles. The summed E-state index contributed by atoms with van der Waals surface area (Å²) in [5, 5.41) is 2.30. The monoisotopic (exact) mass is 243 g/mol. The third-order valence-corrected chi connectivity index (χ3v) is 1.84. The molecule has 0 radical (unpaired) electrons. The molecule has 0 saturated carbocycles. The first-order valence-electron chi connectivity index (χ1n) is 5.17. The normalized spacial score (nSPS) is 11.4. The number of hydrogen-bond acceptors (Lipinski definition) is 2. The summed E-state index contributed by atoms with van der Waals surface area (Å²) in [5.41, 5.74) is -0.507. The first kappa shape index (κ1) is 13.6. The van der Waals surface area contributed by atoms with E-state index in [2.05, 4.69) is 5.32 Å². The Labute approximate surface area is 98.8 Å². The quantitative estimate of drug-likeness (QED) is 0.886. The molecule has 0 bridgehead atoms. The molecule has 1 aromatic carbocycles. The van der Waals surface area contributed by atoms with E-state index in [-0.39, 0.29) is 12.3 Å². The van der Waals surface area contributed by atoms with Gasteiger partial charge in [-0.1, -0.05) is 0 Å². The highest BCUT2D eigenvalue weighted by atomic mass is 19.1. The largest absolute Gasteiger partial charge is 0.366 e. The Morgan fingerprint density at radius 2 is 2.00 bits per heavy atom.